The Hall–Kier alpha value is -6.00. The van der Waals surface area contributed by atoms with Crippen LogP contribution in [0.25, 0.3) is 17.1 Å². The van der Waals surface area contributed by atoms with Gasteiger partial charge in [0.25, 0.3) is 11.5 Å². The predicted octanol–water partition coefficient (Wildman–Crippen LogP) is 7.04. The van der Waals surface area contributed by atoms with Crippen molar-refractivity contribution in [2.75, 3.05) is 31.5 Å². The molecule has 0 fully saturated rings. The topological polar surface area (TPSA) is 99.9 Å². The van der Waals surface area contributed by atoms with Gasteiger partial charge in [-0.1, -0.05) is 12.1 Å². The van der Waals surface area contributed by atoms with Crippen molar-refractivity contribution in [1.29, 1.82) is 0 Å². The Morgan fingerprint density at radius 2 is 1.49 bits per heavy atom. The molecule has 0 aliphatic heterocycles. The summed E-state index contributed by atoms with van der Waals surface area (Å²) in [5, 5.41) is 2.23. The molecule has 5 rings (SSSR count). The van der Waals surface area contributed by atoms with E-state index in [1.54, 1.807) is 31.3 Å². The molecule has 0 atom stereocenters. The van der Waals surface area contributed by atoms with Gasteiger partial charge in [-0.3, -0.25) is 14.3 Å². The molecule has 5 aromatic rings. The van der Waals surface area contributed by atoms with Crippen molar-refractivity contribution >= 4 is 17.4 Å². The van der Waals surface area contributed by atoms with Gasteiger partial charge < -0.3 is 24.4 Å². The molecule has 0 saturated heterocycles. The lowest BCUT2D eigenvalue weighted by molar-refractivity contribution is -0.137. The number of halogens is 7. The number of aromatic nitrogens is 3. The Bertz CT molecular complexity index is 2090. The highest BCUT2D eigenvalue weighted by Crippen LogP contribution is 2.38. The van der Waals surface area contributed by atoms with Crippen LogP contribution in [0, 0.1) is 11.6 Å². The first-order valence-corrected chi connectivity index (χ1v) is 14.8. The molecule has 17 heteroatoms. The van der Waals surface area contributed by atoms with Crippen LogP contribution in [0.4, 0.5) is 42.2 Å². The summed E-state index contributed by atoms with van der Waals surface area (Å²) in [5.41, 5.74) is -4.54. The van der Waals surface area contributed by atoms with Crippen LogP contribution in [-0.2, 0) is 19.8 Å². The highest BCUT2D eigenvalue weighted by molar-refractivity contribution is 6.06. The fraction of sp³-hybridized carbons (Fsp3) is 0.206. The van der Waals surface area contributed by atoms with Gasteiger partial charge >= 0.3 is 12.8 Å². The number of hydrogen-bond donors (Lipinski definition) is 1. The van der Waals surface area contributed by atoms with E-state index in [0.717, 1.165) is 66.9 Å². The van der Waals surface area contributed by atoms with Gasteiger partial charge in [0.2, 0.25) is 0 Å². The zero-order valence-corrected chi connectivity index (χ0v) is 27.2. The number of pyridine rings is 1. The van der Waals surface area contributed by atoms with E-state index in [4.69, 9.17) is 9.47 Å². The first-order valence-electron chi connectivity index (χ1n) is 14.8. The molecule has 10 nitrogen and oxygen atoms in total. The number of amides is 1. The second-order valence-electron chi connectivity index (χ2n) is 10.9. The zero-order valence-electron chi connectivity index (χ0n) is 27.2. The number of alkyl halides is 5. The van der Waals surface area contributed by atoms with Gasteiger partial charge in [0, 0.05) is 38.3 Å². The predicted molar refractivity (Wildman–Crippen MR) is 172 cm³/mol. The maximum atomic E-state index is 15.5. The molecule has 1 amide bonds. The highest BCUT2D eigenvalue weighted by Gasteiger charge is 2.38. The summed E-state index contributed by atoms with van der Waals surface area (Å²) in [4.78, 5) is 33.1. The number of hydrogen-bond acceptors (Lipinski definition) is 7. The zero-order chi connectivity index (χ0) is 37.2. The van der Waals surface area contributed by atoms with Gasteiger partial charge in [0.1, 0.15) is 51.6 Å². The molecular weight excluding hydrogens is 691 g/mol. The number of rotatable bonds is 11. The summed E-state index contributed by atoms with van der Waals surface area (Å²) < 4.78 is 115. The third kappa shape index (κ3) is 7.61. The van der Waals surface area contributed by atoms with Gasteiger partial charge in [-0.2, -0.15) is 26.6 Å². The average molecular weight is 720 g/mol. The molecular formula is C34H28F7N5O5. The van der Waals surface area contributed by atoms with Crippen LogP contribution >= 0.6 is 0 Å². The quantitative estimate of drug-likeness (QED) is 0.146. The standard InChI is InChI=1S/C34H28F7N5O5/c1-44(17-18-5-9-20(49-3)10-6-18)26-14-13-23(34(39,40)41)30(42-26)46-32(48)28(43-31(47)19-7-11-21(12-8-19)51-33(37)38)29(45(46)2)27-24(35)15-22(50-4)16-25(27)36/h5-16,33H,17H2,1-4H3,(H,43,47). The van der Waals surface area contributed by atoms with E-state index in [2.05, 4.69) is 15.0 Å². The smallest absolute Gasteiger partial charge is 0.420 e. The van der Waals surface area contributed by atoms with Crippen molar-refractivity contribution in [1.82, 2.24) is 14.3 Å². The summed E-state index contributed by atoms with van der Waals surface area (Å²) in [6, 6.07) is 14.4. The monoisotopic (exact) mass is 719 g/mol. The van der Waals surface area contributed by atoms with E-state index in [9.17, 15) is 31.5 Å². The third-order valence-electron chi connectivity index (χ3n) is 7.67. The van der Waals surface area contributed by atoms with E-state index >= 15 is 8.78 Å². The lowest BCUT2D eigenvalue weighted by Crippen LogP contribution is -2.27. The van der Waals surface area contributed by atoms with Gasteiger partial charge in [0.15, 0.2) is 5.82 Å². The van der Waals surface area contributed by atoms with Crippen LogP contribution in [0.2, 0.25) is 0 Å². The Labute approximate surface area is 285 Å². The molecule has 0 unspecified atom stereocenters. The second kappa shape index (κ2) is 14.5. The number of anilines is 2. The Balaban J connectivity index is 1.69. The summed E-state index contributed by atoms with van der Waals surface area (Å²) in [7, 11) is 5.24. The van der Waals surface area contributed by atoms with E-state index in [1.165, 1.54) is 12.0 Å². The van der Waals surface area contributed by atoms with Crippen molar-refractivity contribution in [3.63, 3.8) is 0 Å². The number of nitrogens with one attached hydrogen (secondary N) is 1. The normalized spacial score (nSPS) is 11.5. The maximum Gasteiger partial charge on any atom is 0.420 e. The van der Waals surface area contributed by atoms with Gasteiger partial charge in [-0.05, 0) is 54.1 Å². The molecule has 0 radical (unpaired) electrons. The maximum absolute atomic E-state index is 15.5. The molecule has 0 aliphatic carbocycles. The molecule has 51 heavy (non-hydrogen) atoms. The Morgan fingerprint density at radius 1 is 0.902 bits per heavy atom. The molecule has 3 aromatic carbocycles. The lowest BCUT2D eigenvalue weighted by atomic mass is 10.1. The minimum Gasteiger partial charge on any atom is -0.497 e. The highest BCUT2D eigenvalue weighted by atomic mass is 19.4. The average Bonchev–Trinajstić information content (AvgIpc) is 3.31. The molecule has 2 heterocycles. The number of carbonyl (C=O) groups excluding carboxylic acids is 1. The van der Waals surface area contributed by atoms with Gasteiger partial charge in [0.05, 0.1) is 19.8 Å². The number of methoxy groups -OCH3 is 2. The minimum atomic E-state index is -5.07. The van der Waals surface area contributed by atoms with Crippen LogP contribution < -0.4 is 30.0 Å². The first-order chi connectivity index (χ1) is 24.1. The number of carbonyl (C=O) groups is 1. The fourth-order valence-electron chi connectivity index (χ4n) is 5.23. The van der Waals surface area contributed by atoms with Crippen LogP contribution in [0.15, 0.2) is 77.6 Å². The van der Waals surface area contributed by atoms with Crippen LogP contribution in [0.3, 0.4) is 0 Å². The largest absolute Gasteiger partial charge is 0.497 e. The molecule has 0 saturated carbocycles. The lowest BCUT2D eigenvalue weighted by Gasteiger charge is -2.22. The minimum absolute atomic E-state index is 0.0121. The van der Waals surface area contributed by atoms with E-state index in [-0.39, 0.29) is 29.4 Å². The molecule has 268 valence electrons. The molecule has 1 N–H and O–H groups in total. The summed E-state index contributed by atoms with van der Waals surface area (Å²) in [6.07, 6.45) is -5.07. The van der Waals surface area contributed by atoms with Gasteiger partial charge in [-0.15, -0.1) is 0 Å². The summed E-state index contributed by atoms with van der Waals surface area (Å²) in [5.74, 6) is -4.55. The van der Waals surface area contributed by atoms with Crippen LogP contribution in [0.5, 0.6) is 17.2 Å². The second-order valence-corrected chi connectivity index (χ2v) is 10.9. The van der Waals surface area contributed by atoms with Crippen molar-refractivity contribution in [3.05, 3.63) is 111 Å². The Morgan fingerprint density at radius 3 is 2.04 bits per heavy atom. The SMILES string of the molecule is COc1ccc(CN(C)c2ccc(C(F)(F)F)c(-n3c(=O)c(NC(=O)c4ccc(OC(F)F)cc4)c(-c4c(F)cc(OC)cc4F)n3C)n2)cc1. The van der Waals surface area contributed by atoms with Crippen LogP contribution in [-0.4, -0.2) is 48.1 Å². The first kappa shape index (κ1) is 36.3. The molecule has 0 aliphatic rings. The van der Waals surface area contributed by atoms with Crippen molar-refractivity contribution < 1.29 is 49.7 Å². The van der Waals surface area contributed by atoms with Gasteiger partial charge in [-0.25, -0.2) is 13.8 Å². The summed E-state index contributed by atoms with van der Waals surface area (Å²) in [6.45, 7) is -2.99. The number of ether oxygens (including phenoxy) is 3. The molecule has 0 spiro atoms. The number of benzene rings is 3. The third-order valence-corrected chi connectivity index (χ3v) is 7.67. The fourth-order valence-corrected chi connectivity index (χ4v) is 5.23. The van der Waals surface area contributed by atoms with E-state index < -0.39 is 64.2 Å². The van der Waals surface area contributed by atoms with Crippen molar-refractivity contribution in [3.8, 4) is 34.3 Å². The molecule has 2 aromatic heterocycles. The Kier molecular flexibility index (Phi) is 10.3. The molecule has 0 bridgehead atoms. The van der Waals surface area contributed by atoms with E-state index in [1.807, 2.05) is 0 Å². The number of nitrogens with zero attached hydrogens (tertiary/aromatic N) is 4. The van der Waals surface area contributed by atoms with E-state index in [0.29, 0.717) is 16.5 Å². The van der Waals surface area contributed by atoms with Crippen molar-refractivity contribution in [2.24, 2.45) is 7.05 Å². The summed E-state index contributed by atoms with van der Waals surface area (Å²) >= 11 is 0. The van der Waals surface area contributed by atoms with Crippen molar-refractivity contribution in [2.45, 2.75) is 19.3 Å². The van der Waals surface area contributed by atoms with Crippen LogP contribution in [0.1, 0.15) is 21.5 Å².